The van der Waals surface area contributed by atoms with E-state index < -0.39 is 5.97 Å². The van der Waals surface area contributed by atoms with E-state index >= 15 is 0 Å². The number of benzene rings is 1. The van der Waals surface area contributed by atoms with Crippen molar-refractivity contribution >= 4 is 5.97 Å². The number of nitrogens with zero attached hydrogens (tertiary/aromatic N) is 1. The third kappa shape index (κ3) is 7.03. The minimum atomic E-state index is -0.879. The van der Waals surface area contributed by atoms with Crippen molar-refractivity contribution in [3.63, 3.8) is 0 Å². The molecule has 0 unspecified atom stereocenters. The predicted molar refractivity (Wildman–Crippen MR) is 53.0 cm³/mol. The number of rotatable bonds is 1. The van der Waals surface area contributed by atoms with E-state index in [2.05, 4.69) is 0 Å². The van der Waals surface area contributed by atoms with Gasteiger partial charge in [0.25, 0.3) is 0 Å². The zero-order valence-corrected chi connectivity index (χ0v) is 8.19. The Morgan fingerprint density at radius 1 is 1.15 bits per heavy atom. The molecule has 1 aromatic carbocycles. The van der Waals surface area contributed by atoms with Crippen LogP contribution < -0.4 is 0 Å². The Morgan fingerprint density at radius 3 is 1.77 bits per heavy atom. The highest BCUT2D eigenvalue weighted by Crippen LogP contribution is 1.96. The van der Waals surface area contributed by atoms with Gasteiger partial charge in [-0.15, -0.1) is 0 Å². The SMILES string of the molecule is CN(C)C.O=C(O)c1ccccc1. The lowest BCUT2D eigenvalue weighted by Crippen LogP contribution is -1.99. The zero-order chi connectivity index (χ0) is 10.3. The molecule has 0 radical (unpaired) electrons. The normalized spacial score (nSPS) is 8.92. The summed E-state index contributed by atoms with van der Waals surface area (Å²) in [5.74, 6) is -0.879. The second-order valence-electron chi connectivity index (χ2n) is 3.01. The van der Waals surface area contributed by atoms with Gasteiger partial charge in [0.15, 0.2) is 0 Å². The van der Waals surface area contributed by atoms with Crippen molar-refractivity contribution in [3.8, 4) is 0 Å². The largest absolute Gasteiger partial charge is 0.478 e. The van der Waals surface area contributed by atoms with Crippen molar-refractivity contribution in [3.05, 3.63) is 35.9 Å². The van der Waals surface area contributed by atoms with Crippen LogP contribution in [0.1, 0.15) is 10.4 Å². The van der Waals surface area contributed by atoms with Gasteiger partial charge >= 0.3 is 5.97 Å². The molecule has 1 N–H and O–H groups in total. The molecule has 3 heteroatoms. The van der Waals surface area contributed by atoms with E-state index in [0.29, 0.717) is 5.56 Å². The molecule has 1 aromatic rings. The average molecular weight is 181 g/mol. The molecule has 0 fully saturated rings. The molecule has 0 amide bonds. The lowest BCUT2D eigenvalue weighted by molar-refractivity contribution is 0.0697. The summed E-state index contributed by atoms with van der Waals surface area (Å²) in [6.45, 7) is 0. The second-order valence-corrected chi connectivity index (χ2v) is 3.01. The minimum Gasteiger partial charge on any atom is -0.478 e. The van der Waals surface area contributed by atoms with E-state index in [-0.39, 0.29) is 0 Å². The minimum absolute atomic E-state index is 0.331. The predicted octanol–water partition coefficient (Wildman–Crippen LogP) is 1.56. The quantitative estimate of drug-likeness (QED) is 0.714. The van der Waals surface area contributed by atoms with Crippen LogP contribution in [0.5, 0.6) is 0 Å². The lowest BCUT2D eigenvalue weighted by atomic mass is 10.2. The Labute approximate surface area is 78.6 Å². The number of carboxylic acids is 1. The first-order chi connectivity index (χ1) is 6.04. The molecule has 0 spiro atoms. The third-order valence-corrected chi connectivity index (χ3v) is 1.02. The molecule has 13 heavy (non-hydrogen) atoms. The molecule has 0 saturated heterocycles. The topological polar surface area (TPSA) is 40.5 Å². The summed E-state index contributed by atoms with van der Waals surface area (Å²) in [4.78, 5) is 12.2. The van der Waals surface area contributed by atoms with Crippen molar-refractivity contribution in [1.29, 1.82) is 0 Å². The van der Waals surface area contributed by atoms with Gasteiger partial charge in [-0.2, -0.15) is 0 Å². The maximum atomic E-state index is 10.2. The van der Waals surface area contributed by atoms with Crippen LogP contribution in [-0.4, -0.2) is 37.1 Å². The molecule has 0 aromatic heterocycles. The highest BCUT2D eigenvalue weighted by atomic mass is 16.4. The molecule has 72 valence electrons. The Balaban J connectivity index is 0.000000310. The fraction of sp³-hybridized carbons (Fsp3) is 0.300. The van der Waals surface area contributed by atoms with E-state index in [0.717, 1.165) is 0 Å². The van der Waals surface area contributed by atoms with Gasteiger partial charge in [0, 0.05) is 0 Å². The lowest BCUT2D eigenvalue weighted by Gasteiger charge is -1.90. The molecule has 0 aliphatic carbocycles. The molecule has 1 rings (SSSR count). The van der Waals surface area contributed by atoms with Gasteiger partial charge in [-0.05, 0) is 33.3 Å². The summed E-state index contributed by atoms with van der Waals surface area (Å²) >= 11 is 0. The van der Waals surface area contributed by atoms with Gasteiger partial charge in [-0.1, -0.05) is 18.2 Å². The molecule has 0 saturated carbocycles. The van der Waals surface area contributed by atoms with Crippen LogP contribution in [0.2, 0.25) is 0 Å². The van der Waals surface area contributed by atoms with Crippen LogP contribution >= 0.6 is 0 Å². The van der Waals surface area contributed by atoms with Crippen molar-refractivity contribution in [2.45, 2.75) is 0 Å². The fourth-order valence-electron chi connectivity index (χ4n) is 0.581. The number of hydrogen-bond acceptors (Lipinski definition) is 2. The summed E-state index contributed by atoms with van der Waals surface area (Å²) in [5.41, 5.74) is 0.331. The summed E-state index contributed by atoms with van der Waals surface area (Å²) < 4.78 is 0. The van der Waals surface area contributed by atoms with Crippen LogP contribution in [0.4, 0.5) is 0 Å². The van der Waals surface area contributed by atoms with Crippen LogP contribution in [-0.2, 0) is 0 Å². The van der Waals surface area contributed by atoms with Gasteiger partial charge in [0.05, 0.1) is 5.56 Å². The Bertz CT molecular complexity index is 242. The Hall–Kier alpha value is -1.35. The van der Waals surface area contributed by atoms with E-state index in [4.69, 9.17) is 5.11 Å². The van der Waals surface area contributed by atoms with Gasteiger partial charge in [-0.25, -0.2) is 4.79 Å². The zero-order valence-electron chi connectivity index (χ0n) is 8.19. The maximum Gasteiger partial charge on any atom is 0.335 e. The standard InChI is InChI=1S/C7H6O2.C3H9N/c8-7(9)6-4-2-1-3-5-6;1-4(2)3/h1-5H,(H,8,9);1-3H3. The van der Waals surface area contributed by atoms with E-state index in [9.17, 15) is 4.79 Å². The van der Waals surface area contributed by atoms with Gasteiger partial charge in [0.1, 0.15) is 0 Å². The van der Waals surface area contributed by atoms with Crippen molar-refractivity contribution in [2.24, 2.45) is 0 Å². The van der Waals surface area contributed by atoms with Crippen LogP contribution in [0.3, 0.4) is 0 Å². The van der Waals surface area contributed by atoms with Crippen LogP contribution in [0, 0.1) is 0 Å². The van der Waals surface area contributed by atoms with E-state index in [1.165, 1.54) is 0 Å². The maximum absolute atomic E-state index is 10.2. The Morgan fingerprint density at radius 2 is 1.54 bits per heavy atom. The van der Waals surface area contributed by atoms with Gasteiger partial charge in [-0.3, -0.25) is 0 Å². The van der Waals surface area contributed by atoms with Crippen molar-refractivity contribution in [2.75, 3.05) is 21.1 Å². The molecule has 0 heterocycles. The second kappa shape index (κ2) is 6.20. The molecule has 0 atom stereocenters. The number of hydrogen-bond donors (Lipinski definition) is 1. The first-order valence-corrected chi connectivity index (χ1v) is 3.93. The Kier molecular flexibility index (Phi) is 5.55. The summed E-state index contributed by atoms with van der Waals surface area (Å²) in [6, 6.07) is 8.30. The van der Waals surface area contributed by atoms with Gasteiger partial charge < -0.3 is 10.0 Å². The monoisotopic (exact) mass is 181 g/mol. The highest BCUT2D eigenvalue weighted by molar-refractivity contribution is 5.87. The van der Waals surface area contributed by atoms with Crippen LogP contribution in [0.15, 0.2) is 30.3 Å². The van der Waals surface area contributed by atoms with E-state index in [1.807, 2.05) is 26.0 Å². The summed E-state index contributed by atoms with van der Waals surface area (Å²) in [6.07, 6.45) is 0. The molecule has 0 aliphatic rings. The molecule has 0 bridgehead atoms. The molecule has 3 nitrogen and oxygen atoms in total. The summed E-state index contributed by atoms with van der Waals surface area (Å²) in [7, 11) is 6.00. The summed E-state index contributed by atoms with van der Waals surface area (Å²) in [5, 5.41) is 8.38. The van der Waals surface area contributed by atoms with E-state index in [1.54, 1.807) is 30.3 Å². The van der Waals surface area contributed by atoms with Crippen LogP contribution in [0.25, 0.3) is 0 Å². The fourth-order valence-corrected chi connectivity index (χ4v) is 0.581. The third-order valence-electron chi connectivity index (χ3n) is 1.02. The first-order valence-electron chi connectivity index (χ1n) is 3.93. The first kappa shape index (κ1) is 11.6. The number of carboxylic acid groups (broad SMARTS) is 1. The highest BCUT2D eigenvalue weighted by Gasteiger charge is 1.96. The molecule has 0 aliphatic heterocycles. The average Bonchev–Trinajstić information content (AvgIpc) is 2.05. The molecular weight excluding hydrogens is 166 g/mol. The number of carbonyl (C=O) groups is 1. The van der Waals surface area contributed by atoms with Gasteiger partial charge in [0.2, 0.25) is 0 Å². The van der Waals surface area contributed by atoms with Crippen molar-refractivity contribution in [1.82, 2.24) is 4.90 Å². The van der Waals surface area contributed by atoms with Crippen molar-refractivity contribution < 1.29 is 9.90 Å². The smallest absolute Gasteiger partial charge is 0.335 e. The molecular formula is C10H15NO2. The number of aromatic carboxylic acids is 1.